The van der Waals surface area contributed by atoms with Crippen LogP contribution < -0.4 is 0 Å². The zero-order chi connectivity index (χ0) is 14.8. The molecule has 0 N–H and O–H groups in total. The lowest BCUT2D eigenvalue weighted by atomic mass is 9.95. The van der Waals surface area contributed by atoms with Gasteiger partial charge in [-0.3, -0.25) is 0 Å². The first-order chi connectivity index (χ1) is 7.87. The van der Waals surface area contributed by atoms with E-state index in [1.807, 2.05) is 0 Å². The predicted octanol–water partition coefficient (Wildman–Crippen LogP) is 4.17. The summed E-state index contributed by atoms with van der Waals surface area (Å²) in [7, 11) is 0. The van der Waals surface area contributed by atoms with Crippen molar-refractivity contribution in [3.05, 3.63) is 0 Å². The highest BCUT2D eigenvalue weighted by atomic mass is 32.1. The van der Waals surface area contributed by atoms with E-state index in [0.29, 0.717) is 0 Å². The summed E-state index contributed by atoms with van der Waals surface area (Å²) in [5, 5.41) is 0. The first-order valence-corrected chi connectivity index (χ1v) is 5.87. The van der Waals surface area contributed by atoms with Gasteiger partial charge < -0.3 is 0 Å². The van der Waals surface area contributed by atoms with Gasteiger partial charge in [-0.15, -0.1) is 0 Å². The van der Waals surface area contributed by atoms with Crippen LogP contribution in [0.4, 0.5) is 35.1 Å². The Bertz CT molecular complexity index is 250. The van der Waals surface area contributed by atoms with E-state index in [4.69, 9.17) is 0 Å². The molecule has 0 amide bonds. The Kier molecular flexibility index (Phi) is 5.68. The number of hydrogen-bond acceptors (Lipinski definition) is 2. The zero-order valence-corrected chi connectivity index (χ0v) is 10.5. The van der Waals surface area contributed by atoms with E-state index in [-0.39, 0.29) is 0 Å². The maximum Gasteiger partial charge on any atom is 0.378 e. The molecule has 0 aliphatic rings. The highest BCUT2D eigenvalue weighted by Gasteiger charge is 2.79. The smallest absolute Gasteiger partial charge is 0.200 e. The van der Waals surface area contributed by atoms with Gasteiger partial charge >= 0.3 is 23.7 Å². The number of hydrogen-bond donors (Lipinski definition) is 2. The van der Waals surface area contributed by atoms with Crippen molar-refractivity contribution in [3.63, 3.8) is 0 Å². The average molecular weight is 322 g/mol. The molecule has 0 fully saturated rings. The topological polar surface area (TPSA) is 0 Å². The molecule has 0 aromatic heterocycles. The predicted molar refractivity (Wildman–Crippen MR) is 56.7 cm³/mol. The average Bonchev–Trinajstić information content (AvgIpc) is 2.16. The van der Waals surface area contributed by atoms with E-state index >= 15 is 0 Å². The van der Waals surface area contributed by atoms with E-state index in [1.165, 1.54) is 0 Å². The Labute approximate surface area is 109 Å². The van der Waals surface area contributed by atoms with Gasteiger partial charge in [-0.2, -0.15) is 60.4 Å². The molecule has 0 aliphatic heterocycles. The Balaban J connectivity index is 5.43. The Morgan fingerprint density at radius 2 is 0.778 bits per heavy atom. The Morgan fingerprint density at radius 3 is 0.944 bits per heavy atom. The van der Waals surface area contributed by atoms with Crippen molar-refractivity contribution >= 4 is 25.3 Å². The standard InChI is InChI=1S/C8H10F8S2/c9-5(10,1-3-17)7(13,14)8(15,16)6(11,12)2-4-18/h17-18H,1-4H2. The van der Waals surface area contributed by atoms with E-state index in [0.717, 1.165) is 0 Å². The second kappa shape index (κ2) is 5.64. The quantitative estimate of drug-likeness (QED) is 0.510. The summed E-state index contributed by atoms with van der Waals surface area (Å²) in [6, 6.07) is 0. The molecule has 0 saturated heterocycles. The first kappa shape index (κ1) is 18.1. The van der Waals surface area contributed by atoms with Crippen molar-refractivity contribution in [1.82, 2.24) is 0 Å². The second-order valence-electron chi connectivity index (χ2n) is 3.50. The van der Waals surface area contributed by atoms with Crippen LogP contribution in [0.3, 0.4) is 0 Å². The van der Waals surface area contributed by atoms with Gasteiger partial charge in [-0.05, 0) is 11.5 Å². The first-order valence-electron chi connectivity index (χ1n) is 4.60. The lowest BCUT2D eigenvalue weighted by Crippen LogP contribution is -2.62. The van der Waals surface area contributed by atoms with Gasteiger partial charge in [0.05, 0.1) is 0 Å². The van der Waals surface area contributed by atoms with Crippen LogP contribution in [0.25, 0.3) is 0 Å². The fourth-order valence-electron chi connectivity index (χ4n) is 1.05. The molecule has 0 radical (unpaired) electrons. The van der Waals surface area contributed by atoms with Crippen LogP contribution in [-0.2, 0) is 0 Å². The highest BCUT2D eigenvalue weighted by molar-refractivity contribution is 7.80. The minimum absolute atomic E-state index is 0.850. The van der Waals surface area contributed by atoms with Crippen molar-refractivity contribution in [2.45, 2.75) is 36.5 Å². The molecule has 0 nitrogen and oxygen atoms in total. The summed E-state index contributed by atoms with van der Waals surface area (Å²) in [4.78, 5) is 0. The molecule has 0 aromatic rings. The number of rotatable bonds is 7. The minimum atomic E-state index is -6.17. The molecule has 0 aromatic carbocycles. The lowest BCUT2D eigenvalue weighted by Gasteiger charge is -2.36. The molecule has 0 bridgehead atoms. The van der Waals surface area contributed by atoms with E-state index in [2.05, 4.69) is 25.3 Å². The number of halogens is 8. The van der Waals surface area contributed by atoms with Crippen molar-refractivity contribution in [2.24, 2.45) is 0 Å². The normalized spacial score (nSPS) is 15.0. The summed E-state index contributed by atoms with van der Waals surface area (Å²) in [6.07, 6.45) is -3.48. The van der Waals surface area contributed by atoms with Gasteiger partial charge in [0, 0.05) is 12.8 Å². The zero-order valence-electron chi connectivity index (χ0n) is 8.75. The third kappa shape index (κ3) is 3.00. The molecule has 0 saturated carbocycles. The van der Waals surface area contributed by atoms with Crippen LogP contribution in [-0.4, -0.2) is 35.2 Å². The molecule has 0 heterocycles. The third-order valence-corrected chi connectivity index (χ3v) is 2.61. The molecule has 0 atom stereocenters. The minimum Gasteiger partial charge on any atom is -0.200 e. The molecule has 0 spiro atoms. The molecule has 110 valence electrons. The summed E-state index contributed by atoms with van der Waals surface area (Å²) in [6.45, 7) is 0. The molecule has 0 rings (SSSR count). The molecule has 18 heavy (non-hydrogen) atoms. The maximum atomic E-state index is 12.9. The molecule has 0 unspecified atom stereocenters. The molecular formula is C8H10F8S2. The summed E-state index contributed by atoms with van der Waals surface area (Å²) < 4.78 is 103. The van der Waals surface area contributed by atoms with Crippen LogP contribution in [0.5, 0.6) is 0 Å². The van der Waals surface area contributed by atoms with Gasteiger partial charge in [0.25, 0.3) is 0 Å². The SMILES string of the molecule is FC(F)(CCS)C(F)(F)C(F)(F)C(F)(F)CCS. The third-order valence-electron chi connectivity index (χ3n) is 2.16. The van der Waals surface area contributed by atoms with Crippen LogP contribution in [0.1, 0.15) is 12.8 Å². The van der Waals surface area contributed by atoms with Gasteiger partial charge in [0.2, 0.25) is 0 Å². The van der Waals surface area contributed by atoms with Crippen molar-refractivity contribution in [2.75, 3.05) is 11.5 Å². The van der Waals surface area contributed by atoms with Gasteiger partial charge in [0.15, 0.2) is 0 Å². The van der Waals surface area contributed by atoms with E-state index < -0.39 is 48.0 Å². The number of alkyl halides is 8. The summed E-state index contributed by atoms with van der Waals surface area (Å²) >= 11 is 6.40. The van der Waals surface area contributed by atoms with Gasteiger partial charge in [-0.1, -0.05) is 0 Å². The molecule has 0 aliphatic carbocycles. The Hall–Kier alpha value is 0.140. The fraction of sp³-hybridized carbons (Fsp3) is 1.00. The Morgan fingerprint density at radius 1 is 0.556 bits per heavy atom. The lowest BCUT2D eigenvalue weighted by molar-refractivity contribution is -0.366. The monoisotopic (exact) mass is 322 g/mol. The van der Waals surface area contributed by atoms with Crippen LogP contribution >= 0.6 is 25.3 Å². The van der Waals surface area contributed by atoms with Crippen molar-refractivity contribution in [3.8, 4) is 0 Å². The van der Waals surface area contributed by atoms with Gasteiger partial charge in [-0.25, -0.2) is 0 Å². The second-order valence-corrected chi connectivity index (χ2v) is 4.40. The highest BCUT2D eigenvalue weighted by Crippen LogP contribution is 2.54. The van der Waals surface area contributed by atoms with Crippen LogP contribution in [0, 0.1) is 0 Å². The molecule has 10 heteroatoms. The largest absolute Gasteiger partial charge is 0.378 e. The van der Waals surface area contributed by atoms with Crippen LogP contribution in [0.15, 0.2) is 0 Å². The van der Waals surface area contributed by atoms with Gasteiger partial charge in [0.1, 0.15) is 0 Å². The van der Waals surface area contributed by atoms with Crippen molar-refractivity contribution in [1.29, 1.82) is 0 Å². The van der Waals surface area contributed by atoms with E-state index in [9.17, 15) is 35.1 Å². The summed E-state index contributed by atoms with van der Waals surface area (Å²) in [5.41, 5.74) is 0. The van der Waals surface area contributed by atoms with Crippen LogP contribution in [0.2, 0.25) is 0 Å². The maximum absolute atomic E-state index is 12.9. The summed E-state index contributed by atoms with van der Waals surface area (Å²) in [5.74, 6) is -24.6. The molecular weight excluding hydrogens is 312 g/mol. The number of thiol groups is 2. The van der Waals surface area contributed by atoms with Crippen molar-refractivity contribution < 1.29 is 35.1 Å². The fourth-order valence-corrected chi connectivity index (χ4v) is 1.62. The van der Waals surface area contributed by atoms with E-state index in [1.54, 1.807) is 0 Å².